The molecule has 0 aromatic heterocycles. The minimum absolute atomic E-state index is 0.0794. The van der Waals surface area contributed by atoms with Crippen LogP contribution >= 0.6 is 0 Å². The summed E-state index contributed by atoms with van der Waals surface area (Å²) in [6, 6.07) is 0.0128. The molecule has 0 aromatic rings. The number of nitrogens with zero attached hydrogens (tertiary/aromatic N) is 2. The minimum Gasteiger partial charge on any atom is -0.598 e. The van der Waals surface area contributed by atoms with Crippen LogP contribution in [0.25, 0.3) is 0 Å². The molecule has 2 saturated heterocycles. The Kier molecular flexibility index (Phi) is 20.7. The highest BCUT2D eigenvalue weighted by Gasteiger charge is 2.33. The zero-order valence-corrected chi connectivity index (χ0v) is 35.3. The number of likely N-dealkylation sites (tertiary alicyclic amines) is 1. The molecule has 53 heavy (non-hydrogen) atoms. The molecule has 0 amide bonds. The van der Waals surface area contributed by atoms with Crippen LogP contribution in [0.1, 0.15) is 131 Å². The molecule has 8 nitrogen and oxygen atoms in total. The number of ether oxygens (including phenoxy) is 2. The number of ketones is 1. The van der Waals surface area contributed by atoms with Crippen LogP contribution in [0.2, 0.25) is 0 Å². The molecule has 3 rings (SSSR count). The molecule has 302 valence electrons. The van der Waals surface area contributed by atoms with Crippen LogP contribution in [0.5, 0.6) is 0 Å². The van der Waals surface area contributed by atoms with Gasteiger partial charge in [-0.05, 0) is 115 Å². The first kappa shape index (κ1) is 45.6. The minimum atomic E-state index is -0.864. The van der Waals surface area contributed by atoms with Crippen molar-refractivity contribution in [3.63, 3.8) is 0 Å². The van der Waals surface area contributed by atoms with Crippen molar-refractivity contribution < 1.29 is 28.7 Å². The number of methoxy groups -OCH3 is 1. The van der Waals surface area contributed by atoms with Gasteiger partial charge in [-0.15, -0.1) is 4.31 Å². The molecule has 1 N–H and O–H groups in total. The van der Waals surface area contributed by atoms with Gasteiger partial charge < -0.3 is 19.1 Å². The average Bonchev–Trinajstić information content (AvgIpc) is 3.57. The van der Waals surface area contributed by atoms with E-state index in [2.05, 4.69) is 55.1 Å². The molecule has 1 saturated carbocycles. The van der Waals surface area contributed by atoms with Gasteiger partial charge in [0.15, 0.2) is 0 Å². The highest BCUT2D eigenvalue weighted by Crippen LogP contribution is 2.33. The van der Waals surface area contributed by atoms with E-state index >= 15 is 0 Å². The van der Waals surface area contributed by atoms with Crippen molar-refractivity contribution in [1.29, 1.82) is 0 Å². The molecular weight excluding hydrogens is 685 g/mol. The Morgan fingerprint density at radius 1 is 0.981 bits per heavy atom. The van der Waals surface area contributed by atoms with Crippen molar-refractivity contribution >= 4 is 23.1 Å². The Balaban J connectivity index is 1.45. The number of hydrogen-bond donors (Lipinski definition) is 1. The first-order valence-corrected chi connectivity index (χ1v) is 22.1. The highest BCUT2D eigenvalue weighted by atomic mass is 32.2. The Labute approximate surface area is 326 Å². The first-order chi connectivity index (χ1) is 25.3. The number of unbranched alkanes of at least 4 members (excludes halogenated alkanes) is 1. The van der Waals surface area contributed by atoms with E-state index in [4.69, 9.17) is 9.47 Å². The third-order valence-electron chi connectivity index (χ3n) is 12.1. The molecule has 0 aromatic carbocycles. The second kappa shape index (κ2) is 24.0. The number of esters is 1. The smallest absolute Gasteiger partial charge is 0.323 e. The molecule has 0 bridgehead atoms. The van der Waals surface area contributed by atoms with Crippen LogP contribution in [-0.4, -0.2) is 94.0 Å². The van der Waals surface area contributed by atoms with E-state index in [1.807, 2.05) is 46.2 Å². The molecular formula is C44H74N2O6S. The zero-order valence-electron chi connectivity index (χ0n) is 34.5. The SMILES string of the molecule is COC1CCCC(C[C@@H](C)[C@H](CCC/C=C(\C)C(O)CC(=O)C(C)C[C@H](C)/C=C/C=C/C=C(\C)C(C)N2CCC[S+]2[O-])OC(=O)C2CCCCN2C)C1. The van der Waals surface area contributed by atoms with Crippen LogP contribution in [-0.2, 0) is 30.4 Å². The van der Waals surface area contributed by atoms with E-state index in [9.17, 15) is 19.2 Å². The third-order valence-corrected chi connectivity index (χ3v) is 13.8. The first-order valence-electron chi connectivity index (χ1n) is 20.8. The molecule has 10 atom stereocenters. The summed E-state index contributed by atoms with van der Waals surface area (Å²) in [6.45, 7) is 14.2. The number of aliphatic hydroxyl groups excluding tert-OH is 1. The Bertz CT molecular complexity index is 1230. The molecule has 2 aliphatic heterocycles. The quantitative estimate of drug-likeness (QED) is 0.0409. The molecule has 7 unspecified atom stereocenters. The predicted molar refractivity (Wildman–Crippen MR) is 219 cm³/mol. The maximum Gasteiger partial charge on any atom is 0.323 e. The van der Waals surface area contributed by atoms with Crippen molar-refractivity contribution in [2.45, 2.75) is 162 Å². The summed E-state index contributed by atoms with van der Waals surface area (Å²) in [5, 5.41) is 10.9. The standard InChI is InChI=1S/C44H74N2O6S/c1-32(18-10-9-11-19-33(2)37(6)46-26-17-27-53(46)50)28-35(4)42(48)31-41(47)34(3)20-12-13-24-43(52-44(49)40-23-14-15-25-45(40)7)36(5)29-38-21-16-22-39(30-38)51-8/h9-11,18-20,32,35-41,43,47H,12-17,21-31H2,1-8H3/b11-9+,18-10+,33-19+,34-20+/t32-,35?,36-,37?,38?,39?,40?,41?,43+,53?/m1/s1. The summed E-state index contributed by atoms with van der Waals surface area (Å²) in [5.74, 6) is 1.71. The van der Waals surface area contributed by atoms with E-state index < -0.39 is 17.5 Å². The number of piperidine rings is 1. The van der Waals surface area contributed by atoms with Gasteiger partial charge in [-0.25, -0.2) is 0 Å². The fraction of sp³-hybridized carbons (Fsp3) is 0.773. The predicted octanol–water partition coefficient (Wildman–Crippen LogP) is 8.53. The molecule has 3 fully saturated rings. The summed E-state index contributed by atoms with van der Waals surface area (Å²) in [4.78, 5) is 28.6. The summed E-state index contributed by atoms with van der Waals surface area (Å²) >= 11 is -0.864. The van der Waals surface area contributed by atoms with Gasteiger partial charge in [-0.2, -0.15) is 0 Å². The third kappa shape index (κ3) is 15.7. The fourth-order valence-corrected chi connectivity index (χ4v) is 9.80. The average molecular weight is 759 g/mol. The number of carbonyl (C=O) groups is 2. The van der Waals surface area contributed by atoms with Gasteiger partial charge >= 0.3 is 5.97 Å². The maximum atomic E-state index is 13.4. The van der Waals surface area contributed by atoms with Crippen molar-refractivity contribution in [2.24, 2.45) is 23.7 Å². The number of Topliss-reactive ketones (excluding diaryl/α,β-unsaturated/α-hetero) is 1. The van der Waals surface area contributed by atoms with Gasteiger partial charge in [0.05, 0.1) is 18.2 Å². The Hall–Kier alpha value is -1.75. The van der Waals surface area contributed by atoms with E-state index in [0.29, 0.717) is 12.0 Å². The second-order valence-electron chi connectivity index (χ2n) is 16.6. The summed E-state index contributed by atoms with van der Waals surface area (Å²) < 4.78 is 26.2. The Morgan fingerprint density at radius 3 is 2.45 bits per heavy atom. The summed E-state index contributed by atoms with van der Waals surface area (Å²) in [5.41, 5.74) is 2.02. The van der Waals surface area contributed by atoms with Crippen molar-refractivity contribution in [2.75, 3.05) is 33.0 Å². The number of allylic oxidation sites excluding steroid dienone is 6. The van der Waals surface area contributed by atoms with E-state index in [1.165, 1.54) is 18.4 Å². The highest BCUT2D eigenvalue weighted by molar-refractivity contribution is 7.89. The molecule has 2 heterocycles. The van der Waals surface area contributed by atoms with E-state index in [1.54, 1.807) is 0 Å². The fourth-order valence-electron chi connectivity index (χ4n) is 8.34. The number of rotatable bonds is 21. The summed E-state index contributed by atoms with van der Waals surface area (Å²) in [6.07, 6.45) is 24.7. The molecule has 3 aliphatic rings. The van der Waals surface area contributed by atoms with Crippen molar-refractivity contribution in [3.05, 3.63) is 47.6 Å². The van der Waals surface area contributed by atoms with Gasteiger partial charge in [0.25, 0.3) is 0 Å². The normalized spacial score (nSPS) is 27.5. The van der Waals surface area contributed by atoms with E-state index in [-0.39, 0.29) is 54.1 Å². The topological polar surface area (TPSA) is 102 Å². The van der Waals surface area contributed by atoms with Gasteiger partial charge in [-0.3, -0.25) is 14.5 Å². The largest absolute Gasteiger partial charge is 0.598 e. The van der Waals surface area contributed by atoms with Crippen molar-refractivity contribution in [1.82, 2.24) is 9.21 Å². The van der Waals surface area contributed by atoms with E-state index in [0.717, 1.165) is 95.0 Å². The number of hydrogen-bond acceptors (Lipinski definition) is 8. The molecule has 9 heteroatoms. The monoisotopic (exact) mass is 759 g/mol. The van der Waals surface area contributed by atoms with Gasteiger partial charge in [0.2, 0.25) is 0 Å². The van der Waals surface area contributed by atoms with Crippen LogP contribution in [0.15, 0.2) is 47.6 Å². The van der Waals surface area contributed by atoms with Crippen LogP contribution in [0, 0.1) is 23.7 Å². The van der Waals surface area contributed by atoms with Gasteiger partial charge in [0.1, 0.15) is 23.7 Å². The number of likely N-dealkylation sites (N-methyl/N-ethyl adjacent to an activating group) is 1. The number of carbonyl (C=O) groups excluding carboxylic acids is 2. The molecule has 0 spiro atoms. The van der Waals surface area contributed by atoms with Gasteiger partial charge in [0, 0.05) is 43.8 Å². The van der Waals surface area contributed by atoms with Crippen LogP contribution < -0.4 is 0 Å². The lowest BCUT2D eigenvalue weighted by Crippen LogP contribution is -2.44. The Morgan fingerprint density at radius 2 is 1.75 bits per heavy atom. The molecule has 1 aliphatic carbocycles. The lowest BCUT2D eigenvalue weighted by atomic mass is 9.80. The maximum absolute atomic E-state index is 13.4. The second-order valence-corrected chi connectivity index (χ2v) is 18.1. The number of aliphatic hydroxyl groups is 1. The lowest BCUT2D eigenvalue weighted by molar-refractivity contribution is -0.159. The summed E-state index contributed by atoms with van der Waals surface area (Å²) in [7, 11) is 3.84. The van der Waals surface area contributed by atoms with Gasteiger partial charge in [-0.1, -0.05) is 82.1 Å². The molecule has 0 radical (unpaired) electrons. The zero-order chi connectivity index (χ0) is 38.9. The van der Waals surface area contributed by atoms with Crippen LogP contribution in [0.3, 0.4) is 0 Å². The lowest BCUT2D eigenvalue weighted by Gasteiger charge is -2.35. The van der Waals surface area contributed by atoms with Crippen LogP contribution in [0.4, 0.5) is 0 Å². The van der Waals surface area contributed by atoms with Crippen molar-refractivity contribution in [3.8, 4) is 0 Å².